The number of hydrogen-bond donors (Lipinski definition) is 2. The van der Waals surface area contributed by atoms with Gasteiger partial charge in [0, 0.05) is 18.6 Å². The van der Waals surface area contributed by atoms with Gasteiger partial charge in [-0.2, -0.15) is 0 Å². The highest BCUT2D eigenvalue weighted by Crippen LogP contribution is 2.35. The maximum atomic E-state index is 8.70. The van der Waals surface area contributed by atoms with E-state index in [2.05, 4.69) is 18.7 Å². The monoisotopic (exact) mass is 258 g/mol. The zero-order chi connectivity index (χ0) is 13.4. The first-order valence-corrected chi connectivity index (χ1v) is 7.32. The molecule has 0 saturated heterocycles. The molecule has 0 atom stereocenters. The summed E-state index contributed by atoms with van der Waals surface area (Å²) in [5.74, 6) is 0.842. The van der Waals surface area contributed by atoms with E-state index in [1.807, 2.05) is 0 Å². The second-order valence-electron chi connectivity index (χ2n) is 5.53. The van der Waals surface area contributed by atoms with Crippen LogP contribution in [-0.4, -0.2) is 55.0 Å². The smallest absolute Gasteiger partial charge is 0.0698 e. The molecular weight excluding hydrogens is 228 g/mol. The van der Waals surface area contributed by atoms with Crippen LogP contribution in [0.5, 0.6) is 0 Å². The Labute approximate surface area is 111 Å². The van der Waals surface area contributed by atoms with Crippen LogP contribution in [0.3, 0.4) is 0 Å². The van der Waals surface area contributed by atoms with Crippen LogP contribution in [0, 0.1) is 5.92 Å². The van der Waals surface area contributed by atoms with Crippen LogP contribution in [0.1, 0.15) is 39.5 Å². The maximum Gasteiger partial charge on any atom is 0.0698 e. The van der Waals surface area contributed by atoms with Crippen molar-refractivity contribution in [2.24, 2.45) is 11.7 Å². The van der Waals surface area contributed by atoms with E-state index < -0.39 is 0 Å². The van der Waals surface area contributed by atoms with Crippen LogP contribution in [0.4, 0.5) is 0 Å². The predicted molar refractivity (Wildman–Crippen MR) is 74.6 cm³/mol. The first-order valence-electron chi connectivity index (χ1n) is 7.32. The van der Waals surface area contributed by atoms with Gasteiger partial charge in [0.05, 0.1) is 19.8 Å². The highest BCUT2D eigenvalue weighted by molar-refractivity contribution is 4.95. The van der Waals surface area contributed by atoms with Gasteiger partial charge >= 0.3 is 0 Å². The molecule has 0 radical (unpaired) electrons. The van der Waals surface area contributed by atoms with Crippen molar-refractivity contribution in [2.75, 3.05) is 39.5 Å². The Morgan fingerprint density at radius 2 is 2.00 bits per heavy atom. The van der Waals surface area contributed by atoms with E-state index in [-0.39, 0.29) is 12.1 Å². The summed E-state index contributed by atoms with van der Waals surface area (Å²) < 4.78 is 5.38. The number of aliphatic hydroxyl groups is 1. The third-order valence-corrected chi connectivity index (χ3v) is 4.38. The molecule has 3 N–H and O–H groups in total. The Bertz CT molecular complexity index is 216. The average molecular weight is 258 g/mol. The second kappa shape index (κ2) is 8.10. The van der Waals surface area contributed by atoms with E-state index in [0.29, 0.717) is 13.2 Å². The van der Waals surface area contributed by atoms with E-state index in [9.17, 15) is 0 Å². The Hall–Kier alpha value is -0.160. The highest BCUT2D eigenvalue weighted by atomic mass is 16.5. The number of ether oxygens (including phenoxy) is 1. The van der Waals surface area contributed by atoms with Crippen molar-refractivity contribution < 1.29 is 9.84 Å². The van der Waals surface area contributed by atoms with Crippen molar-refractivity contribution >= 4 is 0 Å². The van der Waals surface area contributed by atoms with Crippen molar-refractivity contribution in [1.29, 1.82) is 0 Å². The van der Waals surface area contributed by atoms with Gasteiger partial charge in [-0.1, -0.05) is 13.8 Å². The molecule has 0 heterocycles. The Kier molecular flexibility index (Phi) is 7.15. The minimum absolute atomic E-state index is 0.103. The zero-order valence-electron chi connectivity index (χ0n) is 12.0. The quantitative estimate of drug-likeness (QED) is 0.643. The lowest BCUT2D eigenvalue weighted by Gasteiger charge is -2.47. The molecule has 1 saturated carbocycles. The average Bonchev–Trinajstić information content (AvgIpc) is 2.41. The molecule has 0 amide bonds. The van der Waals surface area contributed by atoms with Crippen LogP contribution in [-0.2, 0) is 4.74 Å². The topological polar surface area (TPSA) is 58.7 Å². The first-order chi connectivity index (χ1) is 8.68. The number of likely N-dealkylation sites (N-methyl/N-ethyl adjacent to an activating group) is 1. The number of nitrogens with two attached hydrogens (primary N) is 1. The first kappa shape index (κ1) is 15.9. The molecular formula is C14H30N2O2. The minimum atomic E-state index is 0.103. The van der Waals surface area contributed by atoms with Crippen molar-refractivity contribution in [3.8, 4) is 0 Å². The van der Waals surface area contributed by atoms with Crippen LogP contribution < -0.4 is 5.73 Å². The molecule has 1 aliphatic rings. The molecule has 4 nitrogen and oxygen atoms in total. The highest BCUT2D eigenvalue weighted by Gasteiger charge is 2.37. The predicted octanol–water partition coefficient (Wildman–Crippen LogP) is 1.22. The summed E-state index contributed by atoms with van der Waals surface area (Å²) in [6, 6.07) is 0. The Balaban J connectivity index is 2.48. The summed E-state index contributed by atoms with van der Waals surface area (Å²) in [4.78, 5) is 2.48. The molecule has 0 aromatic heterocycles. The van der Waals surface area contributed by atoms with E-state index >= 15 is 0 Å². The van der Waals surface area contributed by atoms with Gasteiger partial charge in [0.25, 0.3) is 0 Å². The molecule has 4 heteroatoms. The lowest BCUT2D eigenvalue weighted by Crippen LogP contribution is -2.56. The van der Waals surface area contributed by atoms with Gasteiger partial charge < -0.3 is 15.6 Å². The SMILES string of the molecule is CCN(CCOCCO)C1(CN)CCC(C)CC1. The van der Waals surface area contributed by atoms with Gasteiger partial charge in [-0.05, 0) is 38.1 Å². The summed E-state index contributed by atoms with van der Waals surface area (Å²) in [7, 11) is 0. The summed E-state index contributed by atoms with van der Waals surface area (Å²) in [5, 5.41) is 8.70. The molecule has 0 bridgehead atoms. The normalized spacial score (nSPS) is 28.8. The van der Waals surface area contributed by atoms with Gasteiger partial charge in [-0.3, -0.25) is 4.90 Å². The fraction of sp³-hybridized carbons (Fsp3) is 1.00. The minimum Gasteiger partial charge on any atom is -0.394 e. The van der Waals surface area contributed by atoms with Crippen LogP contribution >= 0.6 is 0 Å². The lowest BCUT2D eigenvalue weighted by molar-refractivity contribution is 0.0129. The van der Waals surface area contributed by atoms with Gasteiger partial charge in [-0.25, -0.2) is 0 Å². The third-order valence-electron chi connectivity index (χ3n) is 4.38. The van der Waals surface area contributed by atoms with Gasteiger partial charge in [0.15, 0.2) is 0 Å². The van der Waals surface area contributed by atoms with Crippen molar-refractivity contribution in [1.82, 2.24) is 4.90 Å². The summed E-state index contributed by atoms with van der Waals surface area (Å²) >= 11 is 0. The van der Waals surface area contributed by atoms with E-state index in [1.165, 1.54) is 25.7 Å². The zero-order valence-corrected chi connectivity index (χ0v) is 12.0. The fourth-order valence-electron chi connectivity index (χ4n) is 3.02. The number of nitrogens with zero attached hydrogens (tertiary/aromatic N) is 1. The van der Waals surface area contributed by atoms with Crippen molar-refractivity contribution in [3.63, 3.8) is 0 Å². The van der Waals surface area contributed by atoms with Gasteiger partial charge in [0.2, 0.25) is 0 Å². The molecule has 1 fully saturated rings. The summed E-state index contributed by atoms with van der Waals surface area (Å²) in [6.45, 7) is 8.44. The third kappa shape index (κ3) is 4.19. The molecule has 108 valence electrons. The van der Waals surface area contributed by atoms with Crippen LogP contribution in [0.15, 0.2) is 0 Å². The molecule has 1 rings (SSSR count). The van der Waals surface area contributed by atoms with Gasteiger partial charge in [-0.15, -0.1) is 0 Å². The molecule has 0 aliphatic heterocycles. The van der Waals surface area contributed by atoms with E-state index in [4.69, 9.17) is 15.6 Å². The molecule has 0 aromatic rings. The standard InChI is InChI=1S/C14H30N2O2/c1-3-16(8-10-18-11-9-17)14(12-15)6-4-13(2)5-7-14/h13,17H,3-12,15H2,1-2H3. The van der Waals surface area contributed by atoms with Crippen LogP contribution in [0.25, 0.3) is 0 Å². The molecule has 18 heavy (non-hydrogen) atoms. The van der Waals surface area contributed by atoms with E-state index in [1.54, 1.807) is 0 Å². The van der Waals surface area contributed by atoms with Gasteiger partial charge in [0.1, 0.15) is 0 Å². The second-order valence-corrected chi connectivity index (χ2v) is 5.53. The van der Waals surface area contributed by atoms with E-state index in [0.717, 1.165) is 25.6 Å². The molecule has 1 aliphatic carbocycles. The van der Waals surface area contributed by atoms with Crippen LogP contribution in [0.2, 0.25) is 0 Å². The Morgan fingerprint density at radius 1 is 1.33 bits per heavy atom. The largest absolute Gasteiger partial charge is 0.394 e. The number of rotatable bonds is 8. The fourth-order valence-corrected chi connectivity index (χ4v) is 3.02. The maximum absolute atomic E-state index is 8.70. The Morgan fingerprint density at radius 3 is 2.50 bits per heavy atom. The summed E-state index contributed by atoms with van der Waals surface area (Å²) in [6.07, 6.45) is 4.98. The van der Waals surface area contributed by atoms with Crippen molar-refractivity contribution in [2.45, 2.75) is 45.1 Å². The molecule has 0 aromatic carbocycles. The van der Waals surface area contributed by atoms with Crippen molar-refractivity contribution in [3.05, 3.63) is 0 Å². The summed E-state index contributed by atoms with van der Waals surface area (Å²) in [5.41, 5.74) is 6.25. The molecule has 0 unspecified atom stereocenters. The lowest BCUT2D eigenvalue weighted by atomic mass is 9.76. The number of hydrogen-bond acceptors (Lipinski definition) is 4. The number of aliphatic hydroxyl groups excluding tert-OH is 1. The molecule has 0 spiro atoms.